The van der Waals surface area contributed by atoms with Gasteiger partial charge >= 0.3 is 0 Å². The highest BCUT2D eigenvalue weighted by molar-refractivity contribution is 5.95. The third kappa shape index (κ3) is 2.59. The lowest BCUT2D eigenvalue weighted by atomic mass is 9.98. The van der Waals surface area contributed by atoms with E-state index in [0.29, 0.717) is 6.04 Å². The summed E-state index contributed by atoms with van der Waals surface area (Å²) in [5, 5.41) is 6.78. The molecule has 3 aliphatic heterocycles. The summed E-state index contributed by atoms with van der Waals surface area (Å²) in [6.45, 7) is 7.17. The fourth-order valence-electron chi connectivity index (χ4n) is 3.69. The summed E-state index contributed by atoms with van der Waals surface area (Å²) >= 11 is 0. The van der Waals surface area contributed by atoms with E-state index in [2.05, 4.69) is 27.7 Å². The lowest BCUT2D eigenvalue weighted by Crippen LogP contribution is -2.63. The number of likely N-dealkylation sites (tertiary alicyclic amines) is 1. The normalized spacial score (nSPS) is 22.6. The third-order valence-electron chi connectivity index (χ3n) is 5.11. The van der Waals surface area contributed by atoms with Gasteiger partial charge in [0.25, 0.3) is 5.91 Å². The maximum atomic E-state index is 12.6. The van der Waals surface area contributed by atoms with Gasteiger partial charge in [-0.05, 0) is 36.6 Å². The van der Waals surface area contributed by atoms with Crippen LogP contribution in [0.4, 0.5) is 5.69 Å². The van der Waals surface area contributed by atoms with Gasteiger partial charge in [0.1, 0.15) is 0 Å². The molecule has 0 atom stereocenters. The van der Waals surface area contributed by atoms with Crippen molar-refractivity contribution in [2.24, 2.45) is 0 Å². The van der Waals surface area contributed by atoms with E-state index < -0.39 is 0 Å². The number of benzene rings is 1. The molecule has 0 unspecified atom stereocenters. The molecule has 1 aromatic carbocycles. The molecule has 5 heteroatoms. The van der Waals surface area contributed by atoms with E-state index in [9.17, 15) is 4.79 Å². The first-order valence-corrected chi connectivity index (χ1v) is 8.42. The topological polar surface area (TPSA) is 47.6 Å². The van der Waals surface area contributed by atoms with Gasteiger partial charge in [0.15, 0.2) is 0 Å². The van der Waals surface area contributed by atoms with E-state index >= 15 is 0 Å². The number of rotatable bonds is 2. The maximum absolute atomic E-state index is 12.6. The number of hydrogen-bond acceptors (Lipinski definition) is 4. The van der Waals surface area contributed by atoms with Crippen molar-refractivity contribution in [1.29, 1.82) is 0 Å². The molecule has 4 rings (SSSR count). The SMILES string of the molecule is O=C(c1ccc2c(c1)CCCN2)N1CC(N2CCNCC2)C1. The standard InChI is InChI=1S/C17H24N4O/c22-17(14-3-4-16-13(10-14)2-1-5-19-16)21-11-15(12-21)20-8-6-18-7-9-20/h3-4,10,15,18-19H,1-2,5-9,11-12H2. The molecule has 2 fully saturated rings. The fraction of sp³-hybridized carbons (Fsp3) is 0.588. The molecule has 0 aliphatic carbocycles. The Kier molecular flexibility index (Phi) is 3.76. The molecule has 22 heavy (non-hydrogen) atoms. The number of anilines is 1. The zero-order chi connectivity index (χ0) is 14.9. The van der Waals surface area contributed by atoms with Crippen molar-refractivity contribution in [3.05, 3.63) is 29.3 Å². The molecule has 0 spiro atoms. The molecular formula is C17H24N4O. The number of carbonyl (C=O) groups excluding carboxylic acids is 1. The molecule has 3 aliphatic rings. The average Bonchev–Trinajstić information content (AvgIpc) is 2.54. The number of piperazine rings is 1. The Morgan fingerprint density at radius 3 is 2.77 bits per heavy atom. The van der Waals surface area contributed by atoms with Crippen LogP contribution in [0, 0.1) is 0 Å². The second kappa shape index (κ2) is 5.89. The molecule has 0 aromatic heterocycles. The summed E-state index contributed by atoms with van der Waals surface area (Å²) in [4.78, 5) is 17.1. The van der Waals surface area contributed by atoms with Gasteiger partial charge < -0.3 is 15.5 Å². The van der Waals surface area contributed by atoms with E-state index in [1.165, 1.54) is 11.3 Å². The molecular weight excluding hydrogens is 276 g/mol. The maximum Gasteiger partial charge on any atom is 0.253 e. The van der Waals surface area contributed by atoms with E-state index in [1.54, 1.807) is 0 Å². The highest BCUT2D eigenvalue weighted by atomic mass is 16.2. The van der Waals surface area contributed by atoms with Gasteiger partial charge in [-0.1, -0.05) is 0 Å². The zero-order valence-electron chi connectivity index (χ0n) is 13.0. The van der Waals surface area contributed by atoms with E-state index in [4.69, 9.17) is 0 Å². The molecule has 118 valence electrons. The first-order valence-electron chi connectivity index (χ1n) is 8.42. The Hall–Kier alpha value is -1.59. The molecule has 3 heterocycles. The molecule has 1 amide bonds. The van der Waals surface area contributed by atoms with Gasteiger partial charge in [-0.15, -0.1) is 0 Å². The number of fused-ring (bicyclic) bond motifs is 1. The summed E-state index contributed by atoms with van der Waals surface area (Å²) in [6, 6.07) is 6.68. The number of carbonyl (C=O) groups is 1. The molecule has 0 bridgehead atoms. The molecule has 0 saturated carbocycles. The number of hydrogen-bond donors (Lipinski definition) is 2. The summed E-state index contributed by atoms with van der Waals surface area (Å²) in [6.07, 6.45) is 2.23. The monoisotopic (exact) mass is 300 g/mol. The van der Waals surface area contributed by atoms with Gasteiger partial charge in [-0.2, -0.15) is 0 Å². The number of aryl methyl sites for hydroxylation is 1. The summed E-state index contributed by atoms with van der Waals surface area (Å²) in [5.41, 5.74) is 3.34. The van der Waals surface area contributed by atoms with Crippen molar-refractivity contribution in [3.63, 3.8) is 0 Å². The summed E-state index contributed by atoms with van der Waals surface area (Å²) in [7, 11) is 0. The molecule has 0 radical (unpaired) electrons. The van der Waals surface area contributed by atoms with Crippen LogP contribution in [0.1, 0.15) is 22.3 Å². The lowest BCUT2D eigenvalue weighted by molar-refractivity contribution is 0.0227. The highest BCUT2D eigenvalue weighted by Gasteiger charge is 2.35. The Morgan fingerprint density at radius 2 is 1.95 bits per heavy atom. The van der Waals surface area contributed by atoms with Crippen molar-refractivity contribution in [2.75, 3.05) is 51.1 Å². The molecule has 2 saturated heterocycles. The summed E-state index contributed by atoms with van der Waals surface area (Å²) in [5.74, 6) is 0.194. The third-order valence-corrected chi connectivity index (χ3v) is 5.11. The second-order valence-electron chi connectivity index (χ2n) is 6.55. The average molecular weight is 300 g/mol. The Bertz CT molecular complexity index is 562. The highest BCUT2D eigenvalue weighted by Crippen LogP contribution is 2.25. The summed E-state index contributed by atoms with van der Waals surface area (Å²) < 4.78 is 0. The van der Waals surface area contributed by atoms with Crippen LogP contribution in [0.5, 0.6) is 0 Å². The fourth-order valence-corrected chi connectivity index (χ4v) is 3.69. The van der Waals surface area contributed by atoms with Crippen LogP contribution in [0.2, 0.25) is 0 Å². The number of nitrogens with zero attached hydrogens (tertiary/aromatic N) is 2. The van der Waals surface area contributed by atoms with Crippen LogP contribution >= 0.6 is 0 Å². The first-order chi connectivity index (χ1) is 10.8. The Morgan fingerprint density at radius 1 is 1.14 bits per heavy atom. The van der Waals surface area contributed by atoms with Gasteiger partial charge in [0.2, 0.25) is 0 Å². The lowest BCUT2D eigenvalue weighted by Gasteiger charge is -2.46. The molecule has 1 aromatic rings. The van der Waals surface area contributed by atoms with Crippen molar-refractivity contribution in [3.8, 4) is 0 Å². The van der Waals surface area contributed by atoms with E-state index in [1.807, 2.05) is 11.0 Å². The predicted molar refractivity (Wildman–Crippen MR) is 87.4 cm³/mol. The Labute approximate surface area is 131 Å². The quantitative estimate of drug-likeness (QED) is 0.847. The smallest absolute Gasteiger partial charge is 0.253 e. The zero-order valence-corrected chi connectivity index (χ0v) is 13.0. The van der Waals surface area contributed by atoms with Crippen molar-refractivity contribution in [1.82, 2.24) is 15.1 Å². The van der Waals surface area contributed by atoms with Crippen LogP contribution in [0.15, 0.2) is 18.2 Å². The predicted octanol–water partition coefficient (Wildman–Crippen LogP) is 0.774. The van der Waals surface area contributed by atoms with Crippen LogP contribution in [0.25, 0.3) is 0 Å². The van der Waals surface area contributed by atoms with Gasteiger partial charge in [0, 0.05) is 63.1 Å². The minimum absolute atomic E-state index is 0.194. The van der Waals surface area contributed by atoms with Gasteiger partial charge in [0.05, 0.1) is 0 Å². The number of nitrogens with one attached hydrogen (secondary N) is 2. The van der Waals surface area contributed by atoms with Crippen molar-refractivity contribution >= 4 is 11.6 Å². The van der Waals surface area contributed by atoms with Crippen LogP contribution in [-0.2, 0) is 6.42 Å². The van der Waals surface area contributed by atoms with Crippen LogP contribution in [-0.4, -0.2) is 67.6 Å². The van der Waals surface area contributed by atoms with Crippen molar-refractivity contribution < 1.29 is 4.79 Å². The minimum atomic E-state index is 0.194. The first kappa shape index (κ1) is 14.0. The molecule has 5 nitrogen and oxygen atoms in total. The number of amides is 1. The van der Waals surface area contributed by atoms with Crippen LogP contribution < -0.4 is 10.6 Å². The van der Waals surface area contributed by atoms with Gasteiger partial charge in [-0.25, -0.2) is 0 Å². The minimum Gasteiger partial charge on any atom is -0.385 e. The van der Waals surface area contributed by atoms with Crippen LogP contribution in [0.3, 0.4) is 0 Å². The van der Waals surface area contributed by atoms with Gasteiger partial charge in [-0.3, -0.25) is 9.69 Å². The van der Waals surface area contributed by atoms with Crippen molar-refractivity contribution in [2.45, 2.75) is 18.9 Å². The van der Waals surface area contributed by atoms with E-state index in [0.717, 1.165) is 64.2 Å². The largest absolute Gasteiger partial charge is 0.385 e. The Balaban J connectivity index is 1.39. The second-order valence-corrected chi connectivity index (χ2v) is 6.55. The molecule has 2 N–H and O–H groups in total. The van der Waals surface area contributed by atoms with E-state index in [-0.39, 0.29) is 5.91 Å².